The number of hydrogen-bond acceptors (Lipinski definition) is 0. The Morgan fingerprint density at radius 1 is 1.27 bits per heavy atom. The van der Waals surface area contributed by atoms with Crippen LogP contribution in [-0.4, -0.2) is 31.8 Å². The molecule has 0 aliphatic heterocycles. The van der Waals surface area contributed by atoms with Crippen LogP contribution in [0.15, 0.2) is 24.3 Å². The fourth-order valence-corrected chi connectivity index (χ4v) is 1.69. The summed E-state index contributed by atoms with van der Waals surface area (Å²) in [5.41, 5.74) is 0. The molecule has 56 valence electrons. The van der Waals surface area contributed by atoms with Gasteiger partial charge in [-0.15, -0.1) is 0 Å². The maximum absolute atomic E-state index is 3.23. The molecule has 1 aromatic carbocycles. The summed E-state index contributed by atoms with van der Waals surface area (Å²) >= 11 is 0. The second-order valence-electron chi connectivity index (χ2n) is 2.47. The van der Waals surface area contributed by atoms with E-state index in [9.17, 15) is 0 Å². The van der Waals surface area contributed by atoms with Gasteiger partial charge in [-0.05, 0) is 0 Å². The first-order valence-electron chi connectivity index (χ1n) is 3.27. The van der Waals surface area contributed by atoms with Gasteiger partial charge in [-0.1, -0.05) is 13.1 Å². The minimum absolute atomic E-state index is 0. The third kappa shape index (κ3) is 4.85. The quantitative estimate of drug-likeness (QED) is 0.352. The van der Waals surface area contributed by atoms with Gasteiger partial charge in [0.15, 0.2) is 0 Å². The smallest absolute Gasteiger partial charge is 1.00 e. The molecule has 0 nitrogen and oxygen atoms in total. The average molecular weight is 195 g/mol. The second-order valence-corrected chi connectivity index (χ2v) is 5.40. The van der Waals surface area contributed by atoms with Crippen molar-refractivity contribution in [2.75, 3.05) is 0 Å². The van der Waals surface area contributed by atoms with Crippen LogP contribution in [-0.2, 0) is 0 Å². The zero-order valence-electron chi connectivity index (χ0n) is 6.97. The molecule has 0 radical (unpaired) electrons. The third-order valence-corrected chi connectivity index (χ3v) is 2.96. The summed E-state index contributed by atoms with van der Waals surface area (Å²) in [6, 6.07) is 11.5. The van der Waals surface area contributed by atoms with Gasteiger partial charge in [0.25, 0.3) is 0 Å². The van der Waals surface area contributed by atoms with Gasteiger partial charge in [-0.3, -0.25) is 0 Å². The van der Waals surface area contributed by atoms with Crippen molar-refractivity contribution in [1.82, 2.24) is 0 Å². The third-order valence-electron chi connectivity index (χ3n) is 1.36. The topological polar surface area (TPSA) is 0 Å². The van der Waals surface area contributed by atoms with Crippen LogP contribution in [0.25, 0.3) is 0 Å². The van der Waals surface area contributed by atoms with Crippen LogP contribution in [0.5, 0.6) is 0 Å². The minimum Gasteiger partial charge on any atom is -1.00 e. The summed E-state index contributed by atoms with van der Waals surface area (Å²) in [5, 5.41) is 1.43. The van der Waals surface area contributed by atoms with Crippen molar-refractivity contribution >= 4 is 37.0 Å². The SMILES string of the molecule is C[SiH](C)c1[c-]cccc1.[Cl-].[Mg+2]. The van der Waals surface area contributed by atoms with Crippen molar-refractivity contribution in [3.63, 3.8) is 0 Å². The summed E-state index contributed by atoms with van der Waals surface area (Å²) in [4.78, 5) is 0. The molecule has 0 heterocycles. The van der Waals surface area contributed by atoms with E-state index in [-0.39, 0.29) is 35.5 Å². The predicted molar refractivity (Wildman–Crippen MR) is 49.5 cm³/mol. The Bertz CT molecular complexity index is 177. The number of halogens is 1. The van der Waals surface area contributed by atoms with Gasteiger partial charge >= 0.3 is 23.1 Å². The zero-order chi connectivity index (χ0) is 6.69. The van der Waals surface area contributed by atoms with Crippen molar-refractivity contribution in [3.05, 3.63) is 30.3 Å². The fraction of sp³-hybridized carbons (Fsp3) is 0.250. The molecule has 0 spiro atoms. The molecule has 0 bridgehead atoms. The fourth-order valence-electron chi connectivity index (χ4n) is 0.766. The van der Waals surface area contributed by atoms with Gasteiger partial charge in [0.1, 0.15) is 0 Å². The molecule has 3 heteroatoms. The largest absolute Gasteiger partial charge is 2.00 e. The van der Waals surface area contributed by atoms with E-state index >= 15 is 0 Å². The molecule has 0 N–H and O–H groups in total. The van der Waals surface area contributed by atoms with E-state index in [4.69, 9.17) is 0 Å². The van der Waals surface area contributed by atoms with E-state index in [0.717, 1.165) is 0 Å². The normalized spacial score (nSPS) is 8.27. The van der Waals surface area contributed by atoms with Crippen molar-refractivity contribution in [1.29, 1.82) is 0 Å². The molecule has 0 fully saturated rings. The van der Waals surface area contributed by atoms with Crippen LogP contribution in [0, 0.1) is 6.07 Å². The van der Waals surface area contributed by atoms with E-state index in [1.807, 2.05) is 12.1 Å². The van der Waals surface area contributed by atoms with Gasteiger partial charge in [0, 0.05) is 8.80 Å². The van der Waals surface area contributed by atoms with Crippen LogP contribution in [0.4, 0.5) is 0 Å². The molecule has 1 aromatic rings. The van der Waals surface area contributed by atoms with Gasteiger partial charge in [-0.25, -0.2) is 0 Å². The molecule has 0 atom stereocenters. The Hall–Kier alpha value is 0.493. The Morgan fingerprint density at radius 3 is 2.18 bits per heavy atom. The number of rotatable bonds is 1. The molecular formula is C8H11ClMgSi. The Kier molecular flexibility index (Phi) is 9.14. The van der Waals surface area contributed by atoms with Crippen LogP contribution >= 0.6 is 0 Å². The Balaban J connectivity index is 0. The maximum Gasteiger partial charge on any atom is 2.00 e. The molecular weight excluding hydrogens is 184 g/mol. The minimum atomic E-state index is -0.584. The van der Waals surface area contributed by atoms with Gasteiger partial charge < -0.3 is 12.4 Å². The van der Waals surface area contributed by atoms with E-state index in [0.29, 0.717) is 0 Å². The molecule has 0 saturated carbocycles. The first-order valence-corrected chi connectivity index (χ1v) is 6.16. The average Bonchev–Trinajstić information content (AvgIpc) is 1.90. The van der Waals surface area contributed by atoms with Crippen LogP contribution in [0.2, 0.25) is 13.1 Å². The van der Waals surface area contributed by atoms with Crippen LogP contribution in [0.3, 0.4) is 0 Å². The van der Waals surface area contributed by atoms with Crippen molar-refractivity contribution in [3.8, 4) is 0 Å². The van der Waals surface area contributed by atoms with E-state index in [1.54, 1.807) is 0 Å². The monoisotopic (exact) mass is 194 g/mol. The van der Waals surface area contributed by atoms with Gasteiger partial charge in [0.05, 0.1) is 0 Å². The molecule has 0 amide bonds. The van der Waals surface area contributed by atoms with Crippen molar-refractivity contribution < 1.29 is 12.4 Å². The number of hydrogen-bond donors (Lipinski definition) is 0. The van der Waals surface area contributed by atoms with Crippen molar-refractivity contribution in [2.24, 2.45) is 0 Å². The van der Waals surface area contributed by atoms with Gasteiger partial charge in [0.2, 0.25) is 0 Å². The Labute approximate surface area is 92.6 Å². The summed E-state index contributed by atoms with van der Waals surface area (Å²) < 4.78 is 0. The molecule has 0 unspecified atom stereocenters. The molecule has 1 rings (SSSR count). The van der Waals surface area contributed by atoms with Crippen molar-refractivity contribution in [2.45, 2.75) is 13.1 Å². The summed E-state index contributed by atoms with van der Waals surface area (Å²) in [6.07, 6.45) is 0. The molecule has 0 saturated heterocycles. The molecule has 0 aliphatic rings. The molecule has 0 aromatic heterocycles. The summed E-state index contributed by atoms with van der Waals surface area (Å²) in [6.45, 7) is 4.62. The zero-order valence-corrected chi connectivity index (χ0v) is 10.3. The van der Waals surface area contributed by atoms with Crippen LogP contribution < -0.4 is 17.6 Å². The first kappa shape index (κ1) is 14.0. The first-order chi connectivity index (χ1) is 4.30. The van der Waals surface area contributed by atoms with Crippen LogP contribution in [0.1, 0.15) is 0 Å². The molecule has 0 aliphatic carbocycles. The van der Waals surface area contributed by atoms with E-state index in [2.05, 4.69) is 31.3 Å². The second kappa shape index (κ2) is 7.16. The standard InChI is InChI=1S/C8H11Si.ClH.Mg/c1-9(2)8-6-4-3-5-7-8;;/h3-6,9H,1-2H3;1H;/q-1;;+2/p-1. The number of benzene rings is 1. The van der Waals surface area contributed by atoms with E-state index in [1.165, 1.54) is 5.19 Å². The molecule has 11 heavy (non-hydrogen) atoms. The summed E-state index contributed by atoms with van der Waals surface area (Å²) in [5.74, 6) is 0. The van der Waals surface area contributed by atoms with Gasteiger partial charge in [-0.2, -0.15) is 35.5 Å². The predicted octanol–water partition coefficient (Wildman–Crippen LogP) is -2.20. The maximum atomic E-state index is 3.23. The Morgan fingerprint density at radius 2 is 1.91 bits per heavy atom. The summed E-state index contributed by atoms with van der Waals surface area (Å²) in [7, 11) is -0.584. The van der Waals surface area contributed by atoms with E-state index < -0.39 is 8.80 Å².